The second-order valence-electron chi connectivity index (χ2n) is 13.2. The molecule has 2 amide bonds. The number of amides is 2. The third-order valence-electron chi connectivity index (χ3n) is 9.43. The Kier molecular flexibility index (Phi) is 7.58. The zero-order valence-electron chi connectivity index (χ0n) is 23.9. The quantitative estimate of drug-likeness (QED) is 0.522. The number of nitrogens with zero attached hydrogens (tertiary/aromatic N) is 3. The van der Waals surface area contributed by atoms with Crippen molar-refractivity contribution < 1.29 is 33.0 Å². The summed E-state index contributed by atoms with van der Waals surface area (Å²) in [6.07, 6.45) is 4.18. The van der Waals surface area contributed by atoms with Gasteiger partial charge in [0.05, 0.1) is 49.1 Å². The summed E-state index contributed by atoms with van der Waals surface area (Å²) in [5.74, 6) is -1.15. The van der Waals surface area contributed by atoms with Gasteiger partial charge in [-0.05, 0) is 46.5 Å². The zero-order chi connectivity index (χ0) is 28.2. The lowest BCUT2D eigenvalue weighted by Crippen LogP contribution is -2.73. The number of ether oxygens (including phenoxy) is 3. The maximum atomic E-state index is 16.2. The zero-order valence-corrected chi connectivity index (χ0v) is 23.9. The SMILES string of the molecule is CC(C)(C)OC(=O)NC1CCN(C2C(F)CC3C(=O)C(C(=O)N4CCOCC4)=CN4C5CCCCC5OC2C34)C1. The molecule has 222 valence electrons. The first kappa shape index (κ1) is 27.9. The van der Waals surface area contributed by atoms with Gasteiger partial charge in [0.15, 0.2) is 5.78 Å². The maximum absolute atomic E-state index is 16.2. The van der Waals surface area contributed by atoms with Crippen molar-refractivity contribution in [1.29, 1.82) is 0 Å². The third kappa shape index (κ3) is 5.25. The number of Topliss-reactive ketones (excluding diaryl/α,β-unsaturated/α-hetero) is 1. The van der Waals surface area contributed by atoms with Crippen LogP contribution >= 0.6 is 0 Å². The van der Waals surface area contributed by atoms with Gasteiger partial charge in [0.2, 0.25) is 0 Å². The van der Waals surface area contributed by atoms with Crippen molar-refractivity contribution in [1.82, 2.24) is 20.0 Å². The highest BCUT2D eigenvalue weighted by atomic mass is 19.1. The highest BCUT2D eigenvalue weighted by molar-refractivity contribution is 6.20. The van der Waals surface area contributed by atoms with Gasteiger partial charge in [0, 0.05) is 44.3 Å². The number of nitrogens with one attached hydrogen (secondary N) is 1. The average molecular weight is 563 g/mol. The number of halogens is 1. The van der Waals surface area contributed by atoms with Gasteiger partial charge in [-0.15, -0.1) is 0 Å². The molecule has 4 heterocycles. The van der Waals surface area contributed by atoms with Gasteiger partial charge < -0.3 is 29.3 Å². The molecular formula is C29H43FN4O6. The Labute approximate surface area is 235 Å². The van der Waals surface area contributed by atoms with Crippen LogP contribution in [0.5, 0.6) is 0 Å². The molecule has 5 fully saturated rings. The monoisotopic (exact) mass is 562 g/mol. The molecule has 10 nitrogen and oxygen atoms in total. The van der Waals surface area contributed by atoms with E-state index in [0.29, 0.717) is 45.8 Å². The summed E-state index contributed by atoms with van der Waals surface area (Å²) in [5.41, 5.74) is -0.411. The predicted molar refractivity (Wildman–Crippen MR) is 143 cm³/mol. The van der Waals surface area contributed by atoms with Gasteiger partial charge in [-0.3, -0.25) is 14.5 Å². The molecule has 6 aliphatic rings. The first-order chi connectivity index (χ1) is 19.1. The largest absolute Gasteiger partial charge is 0.444 e. The van der Waals surface area contributed by atoms with Crippen molar-refractivity contribution in [3.63, 3.8) is 0 Å². The summed E-state index contributed by atoms with van der Waals surface area (Å²) in [4.78, 5) is 45.7. The number of alkyl carbamates (subject to hydrolysis) is 1. The Bertz CT molecular complexity index is 1040. The van der Waals surface area contributed by atoms with Crippen LogP contribution in [-0.2, 0) is 23.8 Å². The number of hydrogen-bond acceptors (Lipinski definition) is 8. The molecule has 0 bridgehead atoms. The third-order valence-corrected chi connectivity index (χ3v) is 9.43. The molecule has 8 atom stereocenters. The fourth-order valence-electron chi connectivity index (χ4n) is 7.74. The Balaban J connectivity index is 1.25. The van der Waals surface area contributed by atoms with E-state index in [1.807, 2.05) is 20.8 Å². The van der Waals surface area contributed by atoms with E-state index in [2.05, 4.69) is 15.1 Å². The lowest BCUT2D eigenvalue weighted by molar-refractivity contribution is -0.210. The smallest absolute Gasteiger partial charge is 0.407 e. The van der Waals surface area contributed by atoms with E-state index >= 15 is 4.39 Å². The number of fused-ring (bicyclic) bond motifs is 2. The van der Waals surface area contributed by atoms with Gasteiger partial charge >= 0.3 is 6.09 Å². The number of ketones is 1. The van der Waals surface area contributed by atoms with Crippen molar-refractivity contribution in [3.05, 3.63) is 11.8 Å². The first-order valence-corrected chi connectivity index (χ1v) is 15.0. The minimum Gasteiger partial charge on any atom is -0.444 e. The second kappa shape index (κ2) is 10.9. The Morgan fingerprint density at radius 2 is 1.82 bits per heavy atom. The first-order valence-electron chi connectivity index (χ1n) is 15.0. The maximum Gasteiger partial charge on any atom is 0.407 e. The summed E-state index contributed by atoms with van der Waals surface area (Å²) in [5, 5.41) is 2.94. The van der Waals surface area contributed by atoms with Crippen LogP contribution in [0.4, 0.5) is 9.18 Å². The fourth-order valence-corrected chi connectivity index (χ4v) is 7.74. The van der Waals surface area contributed by atoms with Crippen LogP contribution in [0, 0.1) is 5.92 Å². The van der Waals surface area contributed by atoms with Crippen molar-refractivity contribution in [3.8, 4) is 0 Å². The normalized spacial score (nSPS) is 38.3. The Morgan fingerprint density at radius 3 is 2.58 bits per heavy atom. The van der Waals surface area contributed by atoms with Crippen LogP contribution in [0.25, 0.3) is 0 Å². The molecule has 6 rings (SSSR count). The highest BCUT2D eigenvalue weighted by Crippen LogP contribution is 2.47. The van der Waals surface area contributed by atoms with Crippen molar-refractivity contribution in [2.75, 3.05) is 39.4 Å². The van der Waals surface area contributed by atoms with Crippen LogP contribution in [0.3, 0.4) is 0 Å². The summed E-state index contributed by atoms with van der Waals surface area (Å²) in [6, 6.07) is -0.889. The van der Waals surface area contributed by atoms with Gasteiger partial charge in [-0.2, -0.15) is 0 Å². The van der Waals surface area contributed by atoms with Crippen LogP contribution in [0.15, 0.2) is 11.8 Å². The predicted octanol–water partition coefficient (Wildman–Crippen LogP) is 2.02. The number of hydrogen-bond donors (Lipinski definition) is 1. The molecular weight excluding hydrogens is 519 g/mol. The second-order valence-corrected chi connectivity index (χ2v) is 13.2. The molecule has 3 saturated heterocycles. The number of morpholine rings is 2. The molecule has 40 heavy (non-hydrogen) atoms. The van der Waals surface area contributed by atoms with E-state index in [0.717, 1.165) is 25.7 Å². The molecule has 8 unspecified atom stereocenters. The molecule has 0 aromatic heterocycles. The number of carbonyl (C=O) groups excluding carboxylic acids is 3. The van der Waals surface area contributed by atoms with Crippen LogP contribution < -0.4 is 5.32 Å². The Hall–Kier alpha value is -2.24. The minimum atomic E-state index is -1.28. The van der Waals surface area contributed by atoms with Crippen LogP contribution in [0.1, 0.15) is 59.3 Å². The highest BCUT2D eigenvalue weighted by Gasteiger charge is 2.60. The fraction of sp³-hybridized carbons (Fsp3) is 0.828. The van der Waals surface area contributed by atoms with Gasteiger partial charge in [0.25, 0.3) is 5.91 Å². The number of rotatable bonds is 3. The standard InChI is InChI=1S/C29H43FN4O6/c1-29(2,3)40-28(37)31-17-8-9-33(15-17)24-20(30)14-18-23-26(24)39-22-7-5-4-6-21(22)34(23)16-19(25(18)35)27(36)32-10-12-38-13-11-32/h16-18,20-24,26H,4-15H2,1-3H3,(H,31,37). The molecule has 0 spiro atoms. The summed E-state index contributed by atoms with van der Waals surface area (Å²) in [7, 11) is 0. The molecule has 0 radical (unpaired) electrons. The number of alkyl halides is 1. The molecule has 0 aromatic carbocycles. The summed E-state index contributed by atoms with van der Waals surface area (Å²) >= 11 is 0. The minimum absolute atomic E-state index is 0.0640. The molecule has 2 saturated carbocycles. The van der Waals surface area contributed by atoms with E-state index < -0.39 is 35.9 Å². The number of carbonyl (C=O) groups is 3. The van der Waals surface area contributed by atoms with Crippen LogP contribution in [-0.4, -0.2) is 120 Å². The number of likely N-dealkylation sites (tertiary alicyclic amines) is 1. The van der Waals surface area contributed by atoms with Gasteiger partial charge in [-0.1, -0.05) is 12.8 Å². The molecule has 2 aliphatic carbocycles. The van der Waals surface area contributed by atoms with Crippen molar-refractivity contribution in [2.45, 2.75) is 107 Å². The van der Waals surface area contributed by atoms with E-state index in [-0.39, 0.29) is 47.9 Å². The lowest BCUT2D eigenvalue weighted by Gasteiger charge is -2.60. The van der Waals surface area contributed by atoms with E-state index in [1.165, 1.54) is 0 Å². The lowest BCUT2D eigenvalue weighted by atomic mass is 9.69. The molecule has 1 N–H and O–H groups in total. The van der Waals surface area contributed by atoms with Gasteiger partial charge in [0.1, 0.15) is 11.8 Å². The topological polar surface area (TPSA) is 101 Å². The molecule has 11 heteroatoms. The summed E-state index contributed by atoms with van der Waals surface area (Å²) < 4.78 is 33.8. The average Bonchev–Trinajstić information content (AvgIpc) is 3.36. The van der Waals surface area contributed by atoms with E-state index in [9.17, 15) is 14.4 Å². The Morgan fingerprint density at radius 1 is 1.07 bits per heavy atom. The van der Waals surface area contributed by atoms with E-state index in [1.54, 1.807) is 11.1 Å². The van der Waals surface area contributed by atoms with Crippen LogP contribution in [0.2, 0.25) is 0 Å². The van der Waals surface area contributed by atoms with Crippen molar-refractivity contribution >= 4 is 17.8 Å². The van der Waals surface area contributed by atoms with E-state index in [4.69, 9.17) is 14.2 Å². The van der Waals surface area contributed by atoms with Gasteiger partial charge in [-0.25, -0.2) is 9.18 Å². The van der Waals surface area contributed by atoms with Crippen molar-refractivity contribution in [2.24, 2.45) is 5.92 Å². The summed E-state index contributed by atoms with van der Waals surface area (Å²) in [6.45, 7) is 8.42. The molecule has 4 aliphatic heterocycles. The molecule has 0 aromatic rings.